The third kappa shape index (κ3) is 4.47. The molecule has 0 fully saturated rings. The van der Waals surface area contributed by atoms with E-state index in [1.54, 1.807) is 19.2 Å². The molecule has 0 aliphatic carbocycles. The molecule has 1 N–H and O–H groups in total. The first kappa shape index (κ1) is 18.4. The van der Waals surface area contributed by atoms with Crippen LogP contribution >= 0.6 is 0 Å². The van der Waals surface area contributed by atoms with E-state index in [2.05, 4.69) is 20.4 Å². The molecular formula is C22H18N4O3. The van der Waals surface area contributed by atoms with Crippen LogP contribution in [-0.4, -0.2) is 28.1 Å². The molecule has 144 valence electrons. The highest BCUT2D eigenvalue weighted by Crippen LogP contribution is 2.23. The molecule has 1 amide bonds. The van der Waals surface area contributed by atoms with Crippen LogP contribution in [0.2, 0.25) is 0 Å². The molecule has 0 saturated heterocycles. The summed E-state index contributed by atoms with van der Waals surface area (Å²) < 4.78 is 11.2. The third-order valence-corrected chi connectivity index (χ3v) is 4.21. The van der Waals surface area contributed by atoms with Crippen LogP contribution in [0.15, 0.2) is 77.4 Å². The maximum Gasteiger partial charge on any atom is 0.269 e. The Kier molecular flexibility index (Phi) is 5.29. The number of hydrogen-bond donors (Lipinski definition) is 1. The van der Waals surface area contributed by atoms with Gasteiger partial charge in [0, 0.05) is 24.9 Å². The number of nitrogens with one attached hydrogen (secondary N) is 1. The van der Waals surface area contributed by atoms with Crippen molar-refractivity contribution in [1.82, 2.24) is 20.4 Å². The summed E-state index contributed by atoms with van der Waals surface area (Å²) in [5, 5.41) is 6.57. The van der Waals surface area contributed by atoms with Crippen molar-refractivity contribution in [1.29, 1.82) is 0 Å². The van der Waals surface area contributed by atoms with Crippen LogP contribution in [0.5, 0.6) is 11.5 Å². The number of rotatable bonds is 6. The Morgan fingerprint density at radius 3 is 2.59 bits per heavy atom. The van der Waals surface area contributed by atoms with Crippen molar-refractivity contribution in [2.45, 2.75) is 6.42 Å². The standard InChI is InChI=1S/C22H18N4O3/c1-23-22(27)19-14-18(11-12-24-19)28-17-9-7-15(8-10-17)13-20-25-21(26-29-20)16-5-3-2-4-6-16/h2-12,14H,13H2,1H3,(H,23,27). The van der Waals surface area contributed by atoms with Crippen LogP contribution in [-0.2, 0) is 6.42 Å². The average Bonchev–Trinajstić information content (AvgIpc) is 3.24. The zero-order valence-corrected chi connectivity index (χ0v) is 15.7. The van der Waals surface area contributed by atoms with Crippen LogP contribution in [0, 0.1) is 0 Å². The second-order valence-corrected chi connectivity index (χ2v) is 6.26. The quantitative estimate of drug-likeness (QED) is 0.541. The van der Waals surface area contributed by atoms with Crippen molar-refractivity contribution in [3.05, 3.63) is 90.1 Å². The summed E-state index contributed by atoms with van der Waals surface area (Å²) >= 11 is 0. The van der Waals surface area contributed by atoms with Crippen LogP contribution in [0.3, 0.4) is 0 Å². The van der Waals surface area contributed by atoms with Gasteiger partial charge < -0.3 is 14.6 Å². The van der Waals surface area contributed by atoms with Gasteiger partial charge in [0.2, 0.25) is 11.7 Å². The van der Waals surface area contributed by atoms with Crippen molar-refractivity contribution in [3.63, 3.8) is 0 Å². The summed E-state index contributed by atoms with van der Waals surface area (Å²) in [6.07, 6.45) is 2.06. The van der Waals surface area contributed by atoms with Crippen LogP contribution in [0.1, 0.15) is 21.9 Å². The van der Waals surface area contributed by atoms with Crippen molar-refractivity contribution >= 4 is 5.91 Å². The Hall–Kier alpha value is -4.00. The molecule has 4 rings (SSSR count). The Morgan fingerprint density at radius 2 is 1.83 bits per heavy atom. The van der Waals surface area contributed by atoms with Gasteiger partial charge in [0.15, 0.2) is 0 Å². The van der Waals surface area contributed by atoms with E-state index in [9.17, 15) is 4.79 Å². The fourth-order valence-electron chi connectivity index (χ4n) is 2.74. The molecule has 29 heavy (non-hydrogen) atoms. The molecule has 7 nitrogen and oxygen atoms in total. The van der Waals surface area contributed by atoms with Gasteiger partial charge in [0.1, 0.15) is 17.2 Å². The monoisotopic (exact) mass is 386 g/mol. The molecule has 0 atom stereocenters. The third-order valence-electron chi connectivity index (χ3n) is 4.21. The molecule has 2 aromatic carbocycles. The Balaban J connectivity index is 1.42. The summed E-state index contributed by atoms with van der Waals surface area (Å²) in [5.74, 6) is 2.04. The lowest BCUT2D eigenvalue weighted by Crippen LogP contribution is -2.18. The Bertz CT molecular complexity index is 1110. The van der Waals surface area contributed by atoms with Crippen LogP contribution < -0.4 is 10.1 Å². The number of aromatic nitrogens is 3. The number of pyridine rings is 1. The van der Waals surface area contributed by atoms with E-state index in [1.165, 1.54) is 6.20 Å². The SMILES string of the molecule is CNC(=O)c1cc(Oc2ccc(Cc3nc(-c4ccccc4)no3)cc2)ccn1. The molecule has 2 heterocycles. The van der Waals surface area contributed by atoms with Gasteiger partial charge >= 0.3 is 0 Å². The maximum atomic E-state index is 11.7. The topological polar surface area (TPSA) is 90.1 Å². The minimum atomic E-state index is -0.264. The highest BCUT2D eigenvalue weighted by molar-refractivity contribution is 5.92. The summed E-state index contributed by atoms with van der Waals surface area (Å²) in [6, 6.07) is 20.6. The largest absolute Gasteiger partial charge is 0.457 e. The fourth-order valence-corrected chi connectivity index (χ4v) is 2.74. The first-order chi connectivity index (χ1) is 14.2. The minimum Gasteiger partial charge on any atom is -0.457 e. The van der Waals surface area contributed by atoms with Crippen molar-refractivity contribution in [2.75, 3.05) is 7.05 Å². The molecule has 0 radical (unpaired) electrons. The number of ether oxygens (including phenoxy) is 1. The molecule has 0 bridgehead atoms. The zero-order chi connectivity index (χ0) is 20.1. The van der Waals surface area contributed by atoms with E-state index in [4.69, 9.17) is 9.26 Å². The molecule has 0 unspecified atom stereocenters. The molecule has 0 aliphatic heterocycles. The zero-order valence-electron chi connectivity index (χ0n) is 15.7. The van der Waals surface area contributed by atoms with Crippen molar-refractivity contribution in [3.8, 4) is 22.9 Å². The number of benzene rings is 2. The van der Waals surface area contributed by atoms with E-state index in [1.807, 2.05) is 54.6 Å². The van der Waals surface area contributed by atoms with E-state index < -0.39 is 0 Å². The number of hydrogen-bond acceptors (Lipinski definition) is 6. The molecule has 2 aromatic heterocycles. The normalized spacial score (nSPS) is 10.5. The molecule has 7 heteroatoms. The van der Waals surface area contributed by atoms with Gasteiger partial charge in [-0.15, -0.1) is 0 Å². The lowest BCUT2D eigenvalue weighted by Gasteiger charge is -2.07. The Morgan fingerprint density at radius 1 is 1.03 bits per heavy atom. The van der Waals surface area contributed by atoms with Gasteiger partial charge in [0.25, 0.3) is 5.91 Å². The minimum absolute atomic E-state index is 0.264. The van der Waals surface area contributed by atoms with E-state index in [0.717, 1.165) is 11.1 Å². The van der Waals surface area contributed by atoms with Gasteiger partial charge in [-0.3, -0.25) is 9.78 Å². The number of carbonyl (C=O) groups is 1. The average molecular weight is 386 g/mol. The van der Waals surface area contributed by atoms with Crippen LogP contribution in [0.25, 0.3) is 11.4 Å². The second-order valence-electron chi connectivity index (χ2n) is 6.26. The second kappa shape index (κ2) is 8.35. The van der Waals surface area contributed by atoms with Gasteiger partial charge in [-0.2, -0.15) is 4.98 Å². The van der Waals surface area contributed by atoms with Gasteiger partial charge in [-0.1, -0.05) is 47.6 Å². The molecule has 0 saturated carbocycles. The van der Waals surface area contributed by atoms with Crippen molar-refractivity contribution in [2.24, 2.45) is 0 Å². The van der Waals surface area contributed by atoms with E-state index in [0.29, 0.717) is 35.3 Å². The maximum absolute atomic E-state index is 11.7. The number of nitrogens with zero attached hydrogens (tertiary/aromatic N) is 3. The summed E-state index contributed by atoms with van der Waals surface area (Å²) in [5.41, 5.74) is 2.23. The highest BCUT2D eigenvalue weighted by atomic mass is 16.5. The molecule has 0 aliphatic rings. The summed E-state index contributed by atoms with van der Waals surface area (Å²) in [6.45, 7) is 0. The molecule has 0 spiro atoms. The first-order valence-corrected chi connectivity index (χ1v) is 9.04. The van der Waals surface area contributed by atoms with Crippen LogP contribution in [0.4, 0.5) is 0 Å². The van der Waals surface area contributed by atoms with Crippen molar-refractivity contribution < 1.29 is 14.1 Å². The predicted octanol–water partition coefficient (Wildman–Crippen LogP) is 3.87. The van der Waals surface area contributed by atoms with Gasteiger partial charge in [-0.05, 0) is 23.8 Å². The van der Waals surface area contributed by atoms with E-state index >= 15 is 0 Å². The van der Waals surface area contributed by atoms with Gasteiger partial charge in [-0.25, -0.2) is 0 Å². The lowest BCUT2D eigenvalue weighted by atomic mass is 10.1. The van der Waals surface area contributed by atoms with E-state index in [-0.39, 0.29) is 5.91 Å². The number of carbonyl (C=O) groups excluding carboxylic acids is 1. The summed E-state index contributed by atoms with van der Waals surface area (Å²) in [4.78, 5) is 20.1. The highest BCUT2D eigenvalue weighted by Gasteiger charge is 2.10. The smallest absolute Gasteiger partial charge is 0.269 e. The number of amides is 1. The first-order valence-electron chi connectivity index (χ1n) is 9.04. The summed E-state index contributed by atoms with van der Waals surface area (Å²) in [7, 11) is 1.56. The predicted molar refractivity (Wildman–Crippen MR) is 107 cm³/mol. The fraction of sp³-hybridized carbons (Fsp3) is 0.0909. The van der Waals surface area contributed by atoms with Gasteiger partial charge in [0.05, 0.1) is 6.42 Å². The lowest BCUT2D eigenvalue weighted by molar-refractivity contribution is 0.0958. The molecular weight excluding hydrogens is 368 g/mol. The Labute approximate surface area is 167 Å². The molecule has 4 aromatic rings.